The van der Waals surface area contributed by atoms with Crippen LogP contribution >= 0.6 is 0 Å². The highest BCUT2D eigenvalue weighted by Gasteiger charge is 2.38. The highest BCUT2D eigenvalue weighted by molar-refractivity contribution is 5.76. The first-order valence-corrected chi connectivity index (χ1v) is 7.48. The van der Waals surface area contributed by atoms with Gasteiger partial charge in [0.15, 0.2) is 0 Å². The van der Waals surface area contributed by atoms with E-state index in [-0.39, 0.29) is 11.9 Å². The molecule has 4 nitrogen and oxygen atoms in total. The third kappa shape index (κ3) is 3.04. The number of hydrogen-bond donors (Lipinski definition) is 2. The summed E-state index contributed by atoms with van der Waals surface area (Å²) in [6.07, 6.45) is 7.24. The molecule has 3 atom stereocenters. The van der Waals surface area contributed by atoms with Gasteiger partial charge in [-0.15, -0.1) is 0 Å². The molecule has 2 rings (SSSR count). The summed E-state index contributed by atoms with van der Waals surface area (Å²) in [4.78, 5) is 14.3. The lowest BCUT2D eigenvalue weighted by Gasteiger charge is -2.42. The molecule has 1 saturated carbocycles. The quantitative estimate of drug-likeness (QED) is 0.771. The largest absolute Gasteiger partial charge is 0.356 e. The number of piperidine rings is 1. The van der Waals surface area contributed by atoms with Crippen LogP contribution in [0.2, 0.25) is 0 Å². The number of carbonyl (C=O) groups excluding carboxylic acids is 1. The average Bonchev–Trinajstić information content (AvgIpc) is 2.84. The van der Waals surface area contributed by atoms with Crippen LogP contribution in [-0.4, -0.2) is 42.5 Å². The molecule has 1 aliphatic heterocycles. The van der Waals surface area contributed by atoms with Gasteiger partial charge < -0.3 is 11.1 Å². The van der Waals surface area contributed by atoms with Gasteiger partial charge in [-0.3, -0.25) is 9.69 Å². The third-order valence-corrected chi connectivity index (χ3v) is 4.57. The zero-order chi connectivity index (χ0) is 13.0. The van der Waals surface area contributed by atoms with E-state index in [9.17, 15) is 4.79 Å². The van der Waals surface area contributed by atoms with E-state index < -0.39 is 0 Å². The van der Waals surface area contributed by atoms with Crippen LogP contribution in [0.3, 0.4) is 0 Å². The topological polar surface area (TPSA) is 58.4 Å². The van der Waals surface area contributed by atoms with Crippen molar-refractivity contribution in [2.24, 2.45) is 11.7 Å². The Morgan fingerprint density at radius 1 is 1.39 bits per heavy atom. The van der Waals surface area contributed by atoms with Crippen molar-refractivity contribution in [3.8, 4) is 0 Å². The van der Waals surface area contributed by atoms with Gasteiger partial charge in [-0.1, -0.05) is 6.42 Å². The Bertz CT molecular complexity index is 282. The number of hydrogen-bond acceptors (Lipinski definition) is 3. The first-order chi connectivity index (χ1) is 8.76. The molecule has 0 aromatic heterocycles. The molecule has 1 amide bonds. The lowest BCUT2D eigenvalue weighted by atomic mass is 9.90. The maximum atomic E-state index is 11.8. The average molecular weight is 253 g/mol. The molecule has 104 valence electrons. The maximum Gasteiger partial charge on any atom is 0.221 e. The smallest absolute Gasteiger partial charge is 0.221 e. The van der Waals surface area contributed by atoms with Crippen molar-refractivity contribution in [2.45, 2.75) is 57.5 Å². The summed E-state index contributed by atoms with van der Waals surface area (Å²) in [5.41, 5.74) is 5.91. The monoisotopic (exact) mass is 253 g/mol. The minimum absolute atomic E-state index is 0.146. The minimum Gasteiger partial charge on any atom is -0.356 e. The number of rotatable bonds is 5. The van der Waals surface area contributed by atoms with Crippen molar-refractivity contribution in [1.82, 2.24) is 10.2 Å². The summed E-state index contributed by atoms with van der Waals surface area (Å²) < 4.78 is 0. The van der Waals surface area contributed by atoms with Crippen molar-refractivity contribution in [1.29, 1.82) is 0 Å². The number of amides is 1. The van der Waals surface area contributed by atoms with E-state index in [1.54, 1.807) is 0 Å². The number of nitrogens with zero attached hydrogens (tertiary/aromatic N) is 1. The standard InChI is InChI=1S/C14H27N3O/c1-2-16-14(18)9-12(10-15)17-8-4-6-11-5-3-7-13(11)17/h11-13H,2-10,15H2,1H3,(H,16,18). The second kappa shape index (κ2) is 6.53. The molecule has 0 radical (unpaired) electrons. The predicted octanol–water partition coefficient (Wildman–Crippen LogP) is 1.10. The van der Waals surface area contributed by atoms with Crippen molar-refractivity contribution in [2.75, 3.05) is 19.6 Å². The molecule has 3 unspecified atom stereocenters. The first kappa shape index (κ1) is 13.8. The molecule has 2 aliphatic rings. The van der Waals surface area contributed by atoms with Crippen LogP contribution in [-0.2, 0) is 4.79 Å². The lowest BCUT2D eigenvalue weighted by Crippen LogP contribution is -2.52. The number of nitrogens with two attached hydrogens (primary N) is 1. The Kier molecular flexibility index (Phi) is 5.01. The van der Waals surface area contributed by atoms with Crippen LogP contribution in [0.25, 0.3) is 0 Å². The Hall–Kier alpha value is -0.610. The molecule has 18 heavy (non-hydrogen) atoms. The molecule has 0 bridgehead atoms. The van der Waals surface area contributed by atoms with E-state index in [1.807, 2.05) is 6.92 Å². The predicted molar refractivity (Wildman–Crippen MR) is 73.2 cm³/mol. The molecule has 0 spiro atoms. The summed E-state index contributed by atoms with van der Waals surface area (Å²) in [6.45, 7) is 4.40. The van der Waals surface area contributed by atoms with Gasteiger partial charge in [0, 0.05) is 31.6 Å². The van der Waals surface area contributed by atoms with Crippen molar-refractivity contribution < 1.29 is 4.79 Å². The Morgan fingerprint density at radius 3 is 2.89 bits per heavy atom. The Labute approximate surface area is 110 Å². The number of nitrogens with one attached hydrogen (secondary N) is 1. The summed E-state index contributed by atoms with van der Waals surface area (Å²) in [5.74, 6) is 1.01. The number of carbonyl (C=O) groups is 1. The van der Waals surface area contributed by atoms with Gasteiger partial charge in [-0.2, -0.15) is 0 Å². The molecule has 1 saturated heterocycles. The van der Waals surface area contributed by atoms with Crippen molar-refractivity contribution in [3.63, 3.8) is 0 Å². The van der Waals surface area contributed by atoms with Crippen LogP contribution in [0.5, 0.6) is 0 Å². The van der Waals surface area contributed by atoms with E-state index in [2.05, 4.69) is 10.2 Å². The van der Waals surface area contributed by atoms with Crippen molar-refractivity contribution in [3.05, 3.63) is 0 Å². The van der Waals surface area contributed by atoms with E-state index in [0.29, 0.717) is 25.6 Å². The third-order valence-electron chi connectivity index (χ3n) is 4.57. The van der Waals surface area contributed by atoms with Gasteiger partial charge in [-0.25, -0.2) is 0 Å². The fourth-order valence-electron chi connectivity index (χ4n) is 3.77. The van der Waals surface area contributed by atoms with Gasteiger partial charge >= 0.3 is 0 Å². The van der Waals surface area contributed by atoms with Gasteiger partial charge in [0.2, 0.25) is 5.91 Å². The normalized spacial score (nSPS) is 29.9. The van der Waals surface area contributed by atoms with Gasteiger partial charge in [0.1, 0.15) is 0 Å². The van der Waals surface area contributed by atoms with Crippen LogP contribution in [0.1, 0.15) is 45.4 Å². The van der Waals surface area contributed by atoms with Gasteiger partial charge in [0.25, 0.3) is 0 Å². The second-order valence-electron chi connectivity index (χ2n) is 5.69. The van der Waals surface area contributed by atoms with Crippen molar-refractivity contribution >= 4 is 5.91 Å². The van der Waals surface area contributed by atoms with Crippen LogP contribution in [0.15, 0.2) is 0 Å². The molecule has 1 aliphatic carbocycles. The molecule has 1 heterocycles. The molecule has 0 aromatic rings. The summed E-state index contributed by atoms with van der Waals surface area (Å²) in [6, 6.07) is 0.934. The maximum absolute atomic E-state index is 11.8. The number of fused-ring (bicyclic) bond motifs is 1. The second-order valence-corrected chi connectivity index (χ2v) is 5.69. The minimum atomic E-state index is 0.146. The first-order valence-electron chi connectivity index (χ1n) is 7.48. The van der Waals surface area contributed by atoms with E-state index in [1.165, 1.54) is 32.1 Å². The highest BCUT2D eigenvalue weighted by atomic mass is 16.1. The molecule has 0 aromatic carbocycles. The summed E-state index contributed by atoms with van der Waals surface area (Å²) >= 11 is 0. The van der Waals surface area contributed by atoms with Gasteiger partial charge in [-0.05, 0) is 45.1 Å². The fraction of sp³-hybridized carbons (Fsp3) is 0.929. The van der Waals surface area contributed by atoms with Gasteiger partial charge in [0.05, 0.1) is 0 Å². The zero-order valence-corrected chi connectivity index (χ0v) is 11.5. The number of likely N-dealkylation sites (tertiary alicyclic amines) is 1. The summed E-state index contributed by atoms with van der Waals surface area (Å²) in [5, 5.41) is 2.89. The van der Waals surface area contributed by atoms with Crippen LogP contribution in [0, 0.1) is 5.92 Å². The summed E-state index contributed by atoms with van der Waals surface area (Å²) in [7, 11) is 0. The molecular weight excluding hydrogens is 226 g/mol. The molecule has 4 heteroatoms. The Balaban J connectivity index is 1.95. The molecular formula is C14H27N3O. The molecule has 2 fully saturated rings. The molecule has 3 N–H and O–H groups in total. The lowest BCUT2D eigenvalue weighted by molar-refractivity contribution is -0.122. The van der Waals surface area contributed by atoms with Crippen LogP contribution < -0.4 is 11.1 Å². The van der Waals surface area contributed by atoms with E-state index >= 15 is 0 Å². The SMILES string of the molecule is CCNC(=O)CC(CN)N1CCCC2CCCC21. The highest BCUT2D eigenvalue weighted by Crippen LogP contribution is 2.37. The van der Waals surface area contributed by atoms with E-state index in [4.69, 9.17) is 5.73 Å². The van der Waals surface area contributed by atoms with Crippen LogP contribution in [0.4, 0.5) is 0 Å². The van der Waals surface area contributed by atoms with E-state index in [0.717, 1.165) is 12.5 Å². The zero-order valence-electron chi connectivity index (χ0n) is 11.5. The Morgan fingerprint density at radius 2 is 2.17 bits per heavy atom. The fourth-order valence-corrected chi connectivity index (χ4v) is 3.77.